The molecule has 0 saturated heterocycles. The van der Waals surface area contributed by atoms with Gasteiger partial charge in [-0.1, -0.05) is 12.1 Å². The first-order valence-electron chi connectivity index (χ1n) is 4.56. The molecule has 2 aromatic rings. The highest BCUT2D eigenvalue weighted by Gasteiger charge is 2.04. The Morgan fingerprint density at radius 3 is 3.07 bits per heavy atom. The molecule has 14 heavy (non-hydrogen) atoms. The number of aromatic amines is 1. The quantitative estimate of drug-likeness (QED) is 0.718. The fourth-order valence-corrected chi connectivity index (χ4v) is 1.48. The van der Waals surface area contributed by atoms with Crippen molar-refractivity contribution in [1.29, 1.82) is 0 Å². The van der Waals surface area contributed by atoms with Gasteiger partial charge < -0.3 is 10.3 Å². The molecule has 1 heterocycles. The fraction of sp³-hybridized carbons (Fsp3) is 0.182. The summed E-state index contributed by atoms with van der Waals surface area (Å²) in [4.78, 5) is 14.6. The van der Waals surface area contributed by atoms with Crippen LogP contribution >= 0.6 is 0 Å². The molecule has 1 aromatic carbocycles. The summed E-state index contributed by atoms with van der Waals surface area (Å²) in [6.45, 7) is 0.381. The van der Waals surface area contributed by atoms with Gasteiger partial charge in [-0.05, 0) is 24.6 Å². The van der Waals surface area contributed by atoms with Crippen molar-refractivity contribution in [2.45, 2.75) is 0 Å². The zero-order valence-corrected chi connectivity index (χ0v) is 8.00. The largest absolute Gasteiger partial charge is 0.361 e. The lowest BCUT2D eigenvalue weighted by Gasteiger charge is -1.99. The number of nitrogens with one attached hydrogen (secondary N) is 2. The van der Waals surface area contributed by atoms with Gasteiger partial charge in [-0.25, -0.2) is 0 Å². The number of carbonyl (C=O) groups is 1. The summed E-state index contributed by atoms with van der Waals surface area (Å²) in [5, 5.41) is 3.98. The highest BCUT2D eigenvalue weighted by molar-refractivity contribution is 6.00. The molecule has 2 rings (SSSR count). The number of carbonyl (C=O) groups excluding carboxylic acids is 1. The fourth-order valence-electron chi connectivity index (χ4n) is 1.48. The summed E-state index contributed by atoms with van der Waals surface area (Å²) in [5.41, 5.74) is 1.75. The number of rotatable bonds is 3. The van der Waals surface area contributed by atoms with Crippen molar-refractivity contribution >= 4 is 16.7 Å². The van der Waals surface area contributed by atoms with Gasteiger partial charge in [-0.3, -0.25) is 4.79 Å². The lowest BCUT2D eigenvalue weighted by molar-refractivity contribution is 0.0993. The normalized spacial score (nSPS) is 10.6. The molecule has 0 saturated carbocycles. The molecule has 3 heteroatoms. The van der Waals surface area contributed by atoms with Gasteiger partial charge in [0, 0.05) is 17.3 Å². The second-order valence-electron chi connectivity index (χ2n) is 3.23. The zero-order chi connectivity index (χ0) is 9.97. The monoisotopic (exact) mass is 188 g/mol. The van der Waals surface area contributed by atoms with Crippen LogP contribution < -0.4 is 5.32 Å². The third kappa shape index (κ3) is 1.54. The van der Waals surface area contributed by atoms with E-state index >= 15 is 0 Å². The Morgan fingerprint density at radius 1 is 1.43 bits per heavy atom. The van der Waals surface area contributed by atoms with Gasteiger partial charge in [-0.15, -0.1) is 0 Å². The van der Waals surface area contributed by atoms with Gasteiger partial charge in [0.05, 0.1) is 6.54 Å². The van der Waals surface area contributed by atoms with Crippen LogP contribution in [0.2, 0.25) is 0 Å². The minimum absolute atomic E-state index is 0.115. The molecular formula is C11H12N2O. The van der Waals surface area contributed by atoms with Crippen LogP contribution in [0.25, 0.3) is 10.9 Å². The number of likely N-dealkylation sites (N-methyl/N-ethyl adjacent to an activating group) is 1. The van der Waals surface area contributed by atoms with Gasteiger partial charge in [0.25, 0.3) is 0 Å². The van der Waals surface area contributed by atoms with E-state index in [1.807, 2.05) is 30.5 Å². The number of Topliss-reactive ketones (excluding diaryl/α,β-unsaturated/α-hetero) is 1. The van der Waals surface area contributed by atoms with Crippen molar-refractivity contribution in [3.05, 3.63) is 36.0 Å². The van der Waals surface area contributed by atoms with Gasteiger partial charge in [0.1, 0.15) is 0 Å². The summed E-state index contributed by atoms with van der Waals surface area (Å²) in [6, 6.07) is 7.68. The third-order valence-electron chi connectivity index (χ3n) is 2.21. The van der Waals surface area contributed by atoms with Crippen LogP contribution in [0.15, 0.2) is 30.5 Å². The number of hydrogen-bond donors (Lipinski definition) is 2. The third-order valence-corrected chi connectivity index (χ3v) is 2.21. The van der Waals surface area contributed by atoms with Crippen LogP contribution in [0, 0.1) is 0 Å². The predicted molar refractivity (Wildman–Crippen MR) is 56.6 cm³/mol. The van der Waals surface area contributed by atoms with Crippen LogP contribution in [0.3, 0.4) is 0 Å². The van der Waals surface area contributed by atoms with Crippen LogP contribution in [0.5, 0.6) is 0 Å². The molecule has 0 aliphatic carbocycles. The predicted octanol–water partition coefficient (Wildman–Crippen LogP) is 1.57. The minimum Gasteiger partial charge on any atom is -0.361 e. The molecule has 0 atom stereocenters. The van der Waals surface area contributed by atoms with Crippen LogP contribution in [-0.4, -0.2) is 24.4 Å². The summed E-state index contributed by atoms with van der Waals surface area (Å²) in [7, 11) is 1.77. The molecule has 3 nitrogen and oxygen atoms in total. The van der Waals surface area contributed by atoms with E-state index in [1.165, 1.54) is 0 Å². The number of benzene rings is 1. The molecule has 0 fully saturated rings. The molecule has 2 N–H and O–H groups in total. The Morgan fingerprint density at radius 2 is 2.29 bits per heavy atom. The average molecular weight is 188 g/mol. The van der Waals surface area contributed by atoms with Crippen molar-refractivity contribution in [2.24, 2.45) is 0 Å². The topological polar surface area (TPSA) is 44.9 Å². The maximum absolute atomic E-state index is 11.5. The van der Waals surface area contributed by atoms with Gasteiger partial charge in [-0.2, -0.15) is 0 Å². The maximum atomic E-state index is 11.5. The zero-order valence-electron chi connectivity index (χ0n) is 8.00. The molecular weight excluding hydrogens is 176 g/mol. The molecule has 0 aliphatic heterocycles. The standard InChI is InChI=1S/C11H12N2O/c1-12-7-11(14)9-3-2-8-4-5-13-10(8)6-9/h2-6,12-13H,7H2,1H3. The molecule has 0 unspecified atom stereocenters. The Hall–Kier alpha value is -1.61. The SMILES string of the molecule is CNCC(=O)c1ccc2cc[nH]c2c1. The molecule has 0 radical (unpaired) electrons. The number of hydrogen-bond acceptors (Lipinski definition) is 2. The summed E-state index contributed by atoms with van der Waals surface area (Å²) >= 11 is 0. The van der Waals surface area contributed by atoms with Crippen molar-refractivity contribution in [3.8, 4) is 0 Å². The Bertz CT molecular complexity index is 459. The highest BCUT2D eigenvalue weighted by Crippen LogP contribution is 2.14. The van der Waals surface area contributed by atoms with Crippen LogP contribution in [-0.2, 0) is 0 Å². The summed E-state index contributed by atoms with van der Waals surface area (Å²) in [5.74, 6) is 0.115. The van der Waals surface area contributed by atoms with E-state index in [1.54, 1.807) is 7.05 Å². The molecule has 0 amide bonds. The molecule has 0 spiro atoms. The Labute approximate surface area is 82.1 Å². The number of ketones is 1. The second kappa shape index (κ2) is 3.64. The maximum Gasteiger partial charge on any atom is 0.176 e. The number of fused-ring (bicyclic) bond motifs is 1. The first kappa shape index (κ1) is 8.97. The Balaban J connectivity index is 2.38. The van der Waals surface area contributed by atoms with Crippen molar-refractivity contribution in [1.82, 2.24) is 10.3 Å². The first-order chi connectivity index (χ1) is 6.81. The van der Waals surface area contributed by atoms with E-state index in [4.69, 9.17) is 0 Å². The molecule has 0 bridgehead atoms. The lowest BCUT2D eigenvalue weighted by atomic mass is 10.1. The van der Waals surface area contributed by atoms with Crippen LogP contribution in [0.1, 0.15) is 10.4 Å². The van der Waals surface area contributed by atoms with E-state index in [0.717, 1.165) is 16.5 Å². The van der Waals surface area contributed by atoms with Gasteiger partial charge in [0.2, 0.25) is 0 Å². The summed E-state index contributed by atoms with van der Waals surface area (Å²) < 4.78 is 0. The van der Waals surface area contributed by atoms with Crippen molar-refractivity contribution < 1.29 is 4.79 Å². The van der Waals surface area contributed by atoms with Gasteiger partial charge >= 0.3 is 0 Å². The number of aromatic nitrogens is 1. The second-order valence-corrected chi connectivity index (χ2v) is 3.23. The van der Waals surface area contributed by atoms with E-state index in [2.05, 4.69) is 10.3 Å². The highest BCUT2D eigenvalue weighted by atomic mass is 16.1. The number of H-pyrrole nitrogens is 1. The molecule has 1 aromatic heterocycles. The minimum atomic E-state index is 0.115. The van der Waals surface area contributed by atoms with E-state index in [9.17, 15) is 4.79 Å². The average Bonchev–Trinajstić information content (AvgIpc) is 2.64. The lowest BCUT2D eigenvalue weighted by Crippen LogP contribution is -2.18. The van der Waals surface area contributed by atoms with Gasteiger partial charge in [0.15, 0.2) is 5.78 Å². The van der Waals surface area contributed by atoms with Crippen molar-refractivity contribution in [2.75, 3.05) is 13.6 Å². The van der Waals surface area contributed by atoms with Crippen LogP contribution in [0.4, 0.5) is 0 Å². The van der Waals surface area contributed by atoms with E-state index < -0.39 is 0 Å². The molecule has 72 valence electrons. The Kier molecular flexibility index (Phi) is 2.33. The van der Waals surface area contributed by atoms with Crippen molar-refractivity contribution in [3.63, 3.8) is 0 Å². The first-order valence-corrected chi connectivity index (χ1v) is 4.56. The smallest absolute Gasteiger partial charge is 0.176 e. The van der Waals surface area contributed by atoms with E-state index in [-0.39, 0.29) is 5.78 Å². The summed E-state index contributed by atoms with van der Waals surface area (Å²) in [6.07, 6.45) is 1.87. The van der Waals surface area contributed by atoms with E-state index in [0.29, 0.717) is 6.54 Å². The molecule has 0 aliphatic rings.